The topological polar surface area (TPSA) is 89.5 Å². The summed E-state index contributed by atoms with van der Waals surface area (Å²) in [5.41, 5.74) is 0.636. The van der Waals surface area contributed by atoms with Crippen molar-refractivity contribution in [3.63, 3.8) is 0 Å². The van der Waals surface area contributed by atoms with Gasteiger partial charge in [-0.15, -0.1) is 0 Å². The van der Waals surface area contributed by atoms with Gasteiger partial charge in [-0.3, -0.25) is 9.52 Å². The van der Waals surface area contributed by atoms with Gasteiger partial charge < -0.3 is 4.74 Å². The Morgan fingerprint density at radius 1 is 0.900 bits per heavy atom. The Bertz CT molecular complexity index is 1180. The first-order valence-electron chi connectivity index (χ1n) is 8.95. The summed E-state index contributed by atoms with van der Waals surface area (Å²) in [6.45, 7) is 1.47. The Morgan fingerprint density at radius 3 is 2.23 bits per heavy atom. The molecule has 0 heterocycles. The highest BCUT2D eigenvalue weighted by Gasteiger charge is 2.22. The molecule has 0 amide bonds. The van der Waals surface area contributed by atoms with E-state index in [1.165, 1.54) is 37.3 Å². The lowest BCUT2D eigenvalue weighted by atomic mass is 10.1. The summed E-state index contributed by atoms with van der Waals surface area (Å²) in [5, 5.41) is 0.241. The smallest absolute Gasteiger partial charge is 0.338 e. The van der Waals surface area contributed by atoms with Gasteiger partial charge in [0.05, 0.1) is 21.2 Å². The molecule has 8 heteroatoms. The van der Waals surface area contributed by atoms with E-state index in [0.717, 1.165) is 0 Å². The zero-order valence-corrected chi connectivity index (χ0v) is 17.5. The number of halogens is 1. The molecule has 154 valence electrons. The lowest BCUT2D eigenvalue weighted by molar-refractivity contribution is 0.0318. The van der Waals surface area contributed by atoms with Crippen LogP contribution in [0.3, 0.4) is 0 Å². The van der Waals surface area contributed by atoms with E-state index in [1.54, 1.807) is 48.5 Å². The van der Waals surface area contributed by atoms with Gasteiger partial charge in [-0.25, -0.2) is 13.2 Å². The van der Waals surface area contributed by atoms with Gasteiger partial charge in [0, 0.05) is 5.56 Å². The Morgan fingerprint density at radius 2 is 1.53 bits per heavy atom. The highest BCUT2D eigenvalue weighted by atomic mass is 35.5. The largest absolute Gasteiger partial charge is 0.451 e. The number of ketones is 1. The molecule has 3 aromatic carbocycles. The Balaban J connectivity index is 1.76. The van der Waals surface area contributed by atoms with E-state index < -0.39 is 22.1 Å². The minimum Gasteiger partial charge on any atom is -0.451 e. The van der Waals surface area contributed by atoms with E-state index in [9.17, 15) is 18.0 Å². The first kappa shape index (κ1) is 21.5. The van der Waals surface area contributed by atoms with Crippen LogP contribution in [0.15, 0.2) is 83.8 Å². The molecular formula is C22H18ClNO5S. The molecule has 6 nitrogen and oxygen atoms in total. The molecule has 0 aliphatic rings. The third-order valence-electron chi connectivity index (χ3n) is 4.21. The quantitative estimate of drug-likeness (QED) is 0.426. The van der Waals surface area contributed by atoms with Crippen molar-refractivity contribution in [1.82, 2.24) is 0 Å². The fourth-order valence-corrected chi connectivity index (χ4v) is 4.02. The molecule has 0 saturated heterocycles. The molecule has 0 unspecified atom stereocenters. The molecule has 0 bridgehead atoms. The van der Waals surface area contributed by atoms with Crippen LogP contribution in [0.5, 0.6) is 0 Å². The van der Waals surface area contributed by atoms with Crippen LogP contribution in [-0.4, -0.2) is 26.3 Å². The highest BCUT2D eigenvalue weighted by Crippen LogP contribution is 2.24. The standard InChI is InChI=1S/C22H18ClNO5S/c1-15(21(25)16-8-3-2-4-9-16)29-22(26)17-10-7-11-18(14-17)30(27,28)24-20-13-6-5-12-19(20)23/h2-15,24H,1H3/t15-/m1/s1. The number of sulfonamides is 1. The van der Waals surface area contributed by atoms with Gasteiger partial charge in [-0.2, -0.15) is 0 Å². The number of carbonyl (C=O) groups is 2. The fourth-order valence-electron chi connectivity index (χ4n) is 2.66. The van der Waals surface area contributed by atoms with E-state index in [-0.39, 0.29) is 27.0 Å². The zero-order chi connectivity index (χ0) is 21.7. The SMILES string of the molecule is C[C@@H](OC(=O)c1cccc(S(=O)(=O)Nc2ccccc2Cl)c1)C(=O)c1ccccc1. The number of hydrogen-bond donors (Lipinski definition) is 1. The van der Waals surface area contributed by atoms with Crippen LogP contribution >= 0.6 is 11.6 Å². The van der Waals surface area contributed by atoms with Gasteiger partial charge in [0.2, 0.25) is 5.78 Å². The molecule has 0 aromatic heterocycles. The zero-order valence-electron chi connectivity index (χ0n) is 15.9. The van der Waals surface area contributed by atoms with Crippen LogP contribution in [-0.2, 0) is 14.8 Å². The van der Waals surface area contributed by atoms with Crippen molar-refractivity contribution >= 4 is 39.1 Å². The van der Waals surface area contributed by atoms with Gasteiger partial charge in [0.25, 0.3) is 10.0 Å². The minimum absolute atomic E-state index is 0.00439. The summed E-state index contributed by atoms with van der Waals surface area (Å²) in [7, 11) is -3.99. The molecular weight excluding hydrogens is 426 g/mol. The number of benzene rings is 3. The Kier molecular flexibility index (Phi) is 6.54. The van der Waals surface area contributed by atoms with Gasteiger partial charge in [-0.1, -0.05) is 60.1 Å². The van der Waals surface area contributed by atoms with Crippen molar-refractivity contribution in [2.45, 2.75) is 17.9 Å². The highest BCUT2D eigenvalue weighted by molar-refractivity contribution is 7.92. The normalized spacial score (nSPS) is 12.1. The van der Waals surface area contributed by atoms with Gasteiger partial charge in [0.15, 0.2) is 6.10 Å². The Hall–Kier alpha value is -3.16. The summed E-state index contributed by atoms with van der Waals surface area (Å²) in [4.78, 5) is 24.7. The summed E-state index contributed by atoms with van der Waals surface area (Å²) < 4.78 is 33.0. The van der Waals surface area contributed by atoms with E-state index >= 15 is 0 Å². The third kappa shape index (κ3) is 5.06. The maximum absolute atomic E-state index is 12.7. The second-order valence-corrected chi connectivity index (χ2v) is 8.48. The maximum atomic E-state index is 12.7. The van der Waals surface area contributed by atoms with E-state index in [1.807, 2.05) is 0 Å². The number of nitrogens with one attached hydrogen (secondary N) is 1. The molecule has 0 spiro atoms. The average Bonchev–Trinajstić information content (AvgIpc) is 2.75. The minimum atomic E-state index is -3.99. The summed E-state index contributed by atoms with van der Waals surface area (Å²) in [6.07, 6.45) is -1.03. The lowest BCUT2D eigenvalue weighted by Crippen LogP contribution is -2.24. The molecule has 1 N–H and O–H groups in total. The van der Waals surface area contributed by atoms with Crippen LogP contribution in [0.25, 0.3) is 0 Å². The summed E-state index contributed by atoms with van der Waals surface area (Å²) in [5.74, 6) is -1.16. The van der Waals surface area contributed by atoms with Crippen LogP contribution in [0.1, 0.15) is 27.6 Å². The second kappa shape index (κ2) is 9.11. The Labute approximate surface area is 179 Å². The number of para-hydroxylation sites is 1. The molecule has 0 saturated carbocycles. The molecule has 0 aliphatic heterocycles. The number of carbonyl (C=O) groups excluding carboxylic acids is 2. The number of ether oxygens (including phenoxy) is 1. The molecule has 0 fully saturated rings. The number of hydrogen-bond acceptors (Lipinski definition) is 5. The van der Waals surface area contributed by atoms with Gasteiger partial charge in [0.1, 0.15) is 0 Å². The van der Waals surface area contributed by atoms with Gasteiger partial charge >= 0.3 is 5.97 Å². The number of Topliss-reactive ketones (excluding diaryl/α,β-unsaturated/α-hetero) is 1. The lowest BCUT2D eigenvalue weighted by Gasteiger charge is -2.13. The molecule has 0 radical (unpaired) electrons. The predicted molar refractivity (Wildman–Crippen MR) is 114 cm³/mol. The third-order valence-corrected chi connectivity index (χ3v) is 5.90. The van der Waals surface area contributed by atoms with E-state index in [0.29, 0.717) is 5.56 Å². The van der Waals surface area contributed by atoms with Gasteiger partial charge in [-0.05, 0) is 37.3 Å². The van der Waals surface area contributed by atoms with Crippen molar-refractivity contribution in [2.24, 2.45) is 0 Å². The summed E-state index contributed by atoms with van der Waals surface area (Å²) >= 11 is 6.00. The van der Waals surface area contributed by atoms with E-state index in [4.69, 9.17) is 16.3 Å². The monoisotopic (exact) mass is 443 g/mol. The van der Waals surface area contributed by atoms with Crippen LogP contribution in [0.2, 0.25) is 5.02 Å². The van der Waals surface area contributed by atoms with E-state index in [2.05, 4.69) is 4.72 Å². The first-order chi connectivity index (χ1) is 14.3. The average molecular weight is 444 g/mol. The molecule has 1 atom stereocenters. The van der Waals surface area contributed by atoms with Crippen molar-refractivity contribution in [2.75, 3.05) is 4.72 Å². The predicted octanol–water partition coefficient (Wildman–Crippen LogP) is 4.57. The van der Waals surface area contributed by atoms with Crippen molar-refractivity contribution in [3.05, 3.63) is 95.0 Å². The molecule has 0 aliphatic carbocycles. The van der Waals surface area contributed by atoms with Crippen molar-refractivity contribution in [3.8, 4) is 0 Å². The van der Waals surface area contributed by atoms with Crippen LogP contribution in [0.4, 0.5) is 5.69 Å². The molecule has 30 heavy (non-hydrogen) atoms. The van der Waals surface area contributed by atoms with Crippen molar-refractivity contribution < 1.29 is 22.7 Å². The first-order valence-corrected chi connectivity index (χ1v) is 10.8. The van der Waals surface area contributed by atoms with Crippen LogP contribution < -0.4 is 4.72 Å². The summed E-state index contributed by atoms with van der Waals surface area (Å²) in [6, 6.07) is 20.2. The molecule has 3 aromatic rings. The number of rotatable bonds is 7. The van der Waals surface area contributed by atoms with Crippen molar-refractivity contribution in [1.29, 1.82) is 0 Å². The number of anilines is 1. The fraction of sp³-hybridized carbons (Fsp3) is 0.0909. The maximum Gasteiger partial charge on any atom is 0.338 e. The van der Waals surface area contributed by atoms with Crippen LogP contribution in [0, 0.1) is 0 Å². The number of esters is 1. The second-order valence-electron chi connectivity index (χ2n) is 6.39. The molecule has 3 rings (SSSR count).